The Hall–Kier alpha value is -0.323. The molecular formula is C21H37BrO2Si. The second-order valence-electron chi connectivity index (χ2n) is 10.1. The zero-order valence-electron chi connectivity index (χ0n) is 17.7. The van der Waals surface area contributed by atoms with Gasteiger partial charge in [0.2, 0.25) is 0 Å². The fourth-order valence-corrected chi connectivity index (χ4v) is 3.65. The summed E-state index contributed by atoms with van der Waals surface area (Å²) < 4.78 is 12.0. The molecule has 0 fully saturated rings. The molecule has 25 heavy (non-hydrogen) atoms. The number of benzene rings is 1. The third-order valence-corrected chi connectivity index (χ3v) is 6.55. The zero-order chi connectivity index (χ0) is 19.5. The van der Waals surface area contributed by atoms with E-state index in [0.29, 0.717) is 6.79 Å². The van der Waals surface area contributed by atoms with Gasteiger partial charge in [0.05, 0.1) is 0 Å². The smallest absolute Gasteiger partial charge is 0.189 e. The van der Waals surface area contributed by atoms with Crippen molar-refractivity contribution in [2.75, 3.05) is 13.4 Å². The van der Waals surface area contributed by atoms with Gasteiger partial charge in [0.15, 0.2) is 6.79 Å². The lowest BCUT2D eigenvalue weighted by Crippen LogP contribution is -2.23. The molecule has 144 valence electrons. The van der Waals surface area contributed by atoms with Crippen molar-refractivity contribution in [2.45, 2.75) is 83.4 Å². The SMILES string of the molecule is CC(C)(C)c1cc(CBr)cc(C(C)(C)C)c1OCOCC[Si](C)(C)C. The number of ether oxygens (including phenoxy) is 2. The van der Waals surface area contributed by atoms with Gasteiger partial charge in [-0.1, -0.05) is 89.2 Å². The third kappa shape index (κ3) is 7.44. The van der Waals surface area contributed by atoms with Crippen LogP contribution in [0, 0.1) is 0 Å². The zero-order valence-corrected chi connectivity index (χ0v) is 20.3. The molecule has 0 heterocycles. The lowest BCUT2D eigenvalue weighted by atomic mass is 9.78. The van der Waals surface area contributed by atoms with Crippen molar-refractivity contribution < 1.29 is 9.47 Å². The summed E-state index contributed by atoms with van der Waals surface area (Å²) in [5.74, 6) is 0.998. The average Bonchev–Trinajstić information content (AvgIpc) is 2.43. The molecule has 0 aliphatic rings. The Morgan fingerprint density at radius 2 is 1.40 bits per heavy atom. The van der Waals surface area contributed by atoms with E-state index < -0.39 is 8.07 Å². The van der Waals surface area contributed by atoms with Gasteiger partial charge in [-0.05, 0) is 22.4 Å². The van der Waals surface area contributed by atoms with Crippen molar-refractivity contribution in [3.63, 3.8) is 0 Å². The molecule has 0 bridgehead atoms. The van der Waals surface area contributed by atoms with Crippen LogP contribution >= 0.6 is 15.9 Å². The van der Waals surface area contributed by atoms with Gasteiger partial charge in [-0.15, -0.1) is 0 Å². The molecule has 0 spiro atoms. The summed E-state index contributed by atoms with van der Waals surface area (Å²) >= 11 is 3.61. The topological polar surface area (TPSA) is 18.5 Å². The first-order chi connectivity index (χ1) is 11.3. The minimum absolute atomic E-state index is 0.0197. The van der Waals surface area contributed by atoms with E-state index in [0.717, 1.165) is 23.7 Å². The molecule has 0 amide bonds. The molecule has 2 nitrogen and oxygen atoms in total. The highest BCUT2D eigenvalue weighted by Gasteiger charge is 2.27. The van der Waals surface area contributed by atoms with Crippen molar-refractivity contribution in [2.24, 2.45) is 0 Å². The van der Waals surface area contributed by atoms with Gasteiger partial charge in [0.1, 0.15) is 5.75 Å². The lowest BCUT2D eigenvalue weighted by Gasteiger charge is -2.30. The van der Waals surface area contributed by atoms with Crippen LogP contribution in [0.1, 0.15) is 58.2 Å². The van der Waals surface area contributed by atoms with E-state index in [2.05, 4.69) is 89.2 Å². The van der Waals surface area contributed by atoms with E-state index in [1.165, 1.54) is 16.7 Å². The van der Waals surface area contributed by atoms with Gasteiger partial charge in [-0.25, -0.2) is 0 Å². The van der Waals surface area contributed by atoms with Gasteiger partial charge in [0.25, 0.3) is 0 Å². The predicted molar refractivity (Wildman–Crippen MR) is 116 cm³/mol. The van der Waals surface area contributed by atoms with Crippen LogP contribution in [0.2, 0.25) is 25.7 Å². The molecule has 0 N–H and O–H groups in total. The molecule has 1 aromatic rings. The molecule has 0 saturated heterocycles. The standard InChI is InChI=1S/C21H37BrO2Si/c1-20(2,3)17-12-16(14-22)13-18(21(4,5)6)19(17)24-15-23-10-11-25(7,8)9/h12-13H,10-11,14-15H2,1-9H3. The Balaban J connectivity index is 3.09. The van der Waals surface area contributed by atoms with Crippen molar-refractivity contribution in [1.29, 1.82) is 0 Å². The van der Waals surface area contributed by atoms with Crippen molar-refractivity contribution in [1.82, 2.24) is 0 Å². The Morgan fingerprint density at radius 3 is 1.76 bits per heavy atom. The Morgan fingerprint density at radius 1 is 0.920 bits per heavy atom. The van der Waals surface area contributed by atoms with Crippen LogP contribution in [0.25, 0.3) is 0 Å². The highest BCUT2D eigenvalue weighted by Crippen LogP contribution is 2.41. The minimum Gasteiger partial charge on any atom is -0.467 e. The molecule has 0 radical (unpaired) electrons. The second kappa shape index (κ2) is 8.58. The van der Waals surface area contributed by atoms with Gasteiger partial charge < -0.3 is 9.47 Å². The third-order valence-electron chi connectivity index (χ3n) is 4.20. The molecule has 0 aliphatic heterocycles. The van der Waals surface area contributed by atoms with Crippen LogP contribution in [0.4, 0.5) is 0 Å². The first-order valence-electron chi connectivity index (χ1n) is 9.20. The maximum Gasteiger partial charge on any atom is 0.189 e. The summed E-state index contributed by atoms with van der Waals surface area (Å²) in [5, 5.41) is 0.853. The second-order valence-corrected chi connectivity index (χ2v) is 16.3. The van der Waals surface area contributed by atoms with E-state index in [4.69, 9.17) is 9.47 Å². The number of hydrogen-bond acceptors (Lipinski definition) is 2. The van der Waals surface area contributed by atoms with Crippen LogP contribution in [-0.4, -0.2) is 21.5 Å². The van der Waals surface area contributed by atoms with Crippen LogP contribution in [0.15, 0.2) is 12.1 Å². The van der Waals surface area contributed by atoms with E-state index in [1.54, 1.807) is 0 Å². The quantitative estimate of drug-likeness (QED) is 0.204. The minimum atomic E-state index is -1.07. The van der Waals surface area contributed by atoms with Gasteiger partial charge in [0, 0.05) is 31.1 Å². The van der Waals surface area contributed by atoms with E-state index in [-0.39, 0.29) is 10.8 Å². The van der Waals surface area contributed by atoms with E-state index in [1.807, 2.05) is 0 Å². The predicted octanol–water partition coefficient (Wildman–Crippen LogP) is 6.87. The first kappa shape index (κ1) is 22.7. The summed E-state index contributed by atoms with van der Waals surface area (Å²) in [7, 11) is -1.07. The summed E-state index contributed by atoms with van der Waals surface area (Å²) in [6.07, 6.45) is 0. The molecule has 4 heteroatoms. The van der Waals surface area contributed by atoms with Crippen molar-refractivity contribution in [3.8, 4) is 5.75 Å². The molecule has 1 aromatic carbocycles. The molecule has 0 unspecified atom stereocenters. The molecule has 0 aromatic heterocycles. The summed E-state index contributed by atoms with van der Waals surface area (Å²) in [6.45, 7) is 21.7. The maximum atomic E-state index is 6.21. The highest BCUT2D eigenvalue weighted by molar-refractivity contribution is 9.08. The average molecular weight is 430 g/mol. The van der Waals surface area contributed by atoms with E-state index in [9.17, 15) is 0 Å². The fourth-order valence-electron chi connectivity index (χ4n) is 2.57. The van der Waals surface area contributed by atoms with Crippen LogP contribution in [-0.2, 0) is 20.9 Å². The Labute approximate surface area is 164 Å². The number of alkyl halides is 1. The normalized spacial score (nSPS) is 13.2. The van der Waals surface area contributed by atoms with Gasteiger partial charge in [-0.2, -0.15) is 0 Å². The molecule has 1 rings (SSSR count). The number of hydrogen-bond donors (Lipinski definition) is 0. The van der Waals surface area contributed by atoms with E-state index >= 15 is 0 Å². The Bertz CT molecular complexity index is 528. The number of halogens is 1. The van der Waals surface area contributed by atoms with Crippen LogP contribution < -0.4 is 4.74 Å². The summed E-state index contributed by atoms with van der Waals surface area (Å²) in [5.41, 5.74) is 3.84. The monoisotopic (exact) mass is 428 g/mol. The lowest BCUT2D eigenvalue weighted by molar-refractivity contribution is 0.0199. The summed E-state index contributed by atoms with van der Waals surface area (Å²) in [4.78, 5) is 0. The highest BCUT2D eigenvalue weighted by atomic mass is 79.9. The molecular weight excluding hydrogens is 392 g/mol. The van der Waals surface area contributed by atoms with Gasteiger partial charge in [-0.3, -0.25) is 0 Å². The van der Waals surface area contributed by atoms with Crippen LogP contribution in [0.5, 0.6) is 5.75 Å². The number of rotatable bonds is 7. The van der Waals surface area contributed by atoms with Crippen molar-refractivity contribution >= 4 is 24.0 Å². The fraction of sp³-hybridized carbons (Fsp3) is 0.714. The largest absolute Gasteiger partial charge is 0.467 e. The van der Waals surface area contributed by atoms with Gasteiger partial charge >= 0.3 is 0 Å². The first-order valence-corrected chi connectivity index (χ1v) is 14.0. The van der Waals surface area contributed by atoms with Crippen molar-refractivity contribution in [3.05, 3.63) is 28.8 Å². The Kier molecular flexibility index (Phi) is 7.79. The molecule has 0 saturated carbocycles. The summed E-state index contributed by atoms with van der Waals surface area (Å²) in [6, 6.07) is 5.69. The molecule has 0 atom stereocenters. The maximum absolute atomic E-state index is 6.21. The van der Waals surface area contributed by atoms with Crippen LogP contribution in [0.3, 0.4) is 0 Å². The molecule has 0 aliphatic carbocycles.